The Morgan fingerprint density at radius 1 is 1.00 bits per heavy atom. The van der Waals surface area contributed by atoms with Crippen molar-refractivity contribution in [2.24, 2.45) is 11.1 Å². The normalized spacial score (nSPS) is 13.7. The topological polar surface area (TPSA) is 105 Å². The van der Waals surface area contributed by atoms with Crippen LogP contribution in [0.2, 0.25) is 0 Å². The fraction of sp³-hybridized carbons (Fsp3) is 0.444. The summed E-state index contributed by atoms with van der Waals surface area (Å²) in [5.74, 6) is -2.30. The molecule has 37 heavy (non-hydrogen) atoms. The molecule has 10 heteroatoms. The van der Waals surface area contributed by atoms with E-state index in [0.717, 1.165) is 28.8 Å². The molecule has 0 saturated carbocycles. The summed E-state index contributed by atoms with van der Waals surface area (Å²) in [6, 6.07) is 9.95. The molecule has 0 heterocycles. The highest BCUT2D eigenvalue weighted by atomic mass is 19.4. The van der Waals surface area contributed by atoms with Crippen LogP contribution in [0, 0.1) is 19.3 Å². The van der Waals surface area contributed by atoms with Crippen LogP contribution >= 0.6 is 0 Å². The number of rotatable bonds is 9. The largest absolute Gasteiger partial charge is 0.416 e. The summed E-state index contributed by atoms with van der Waals surface area (Å²) in [6.45, 7) is 9.33. The minimum atomic E-state index is -4.61. The Labute approximate surface area is 215 Å². The minimum absolute atomic E-state index is 0.0897. The Morgan fingerprint density at radius 3 is 2.19 bits per heavy atom. The molecule has 0 spiro atoms. The van der Waals surface area contributed by atoms with Crippen LogP contribution in [0.25, 0.3) is 0 Å². The van der Waals surface area contributed by atoms with Gasteiger partial charge in [0.05, 0.1) is 12.1 Å². The lowest BCUT2D eigenvalue weighted by Gasteiger charge is -2.45. The van der Waals surface area contributed by atoms with Crippen LogP contribution in [0.3, 0.4) is 0 Å². The summed E-state index contributed by atoms with van der Waals surface area (Å²) in [5, 5.41) is 5.02. The van der Waals surface area contributed by atoms with E-state index < -0.39 is 47.0 Å². The molecule has 0 aliphatic carbocycles. The number of halogens is 3. The van der Waals surface area contributed by atoms with Crippen molar-refractivity contribution < 1.29 is 27.6 Å². The lowest BCUT2D eigenvalue weighted by atomic mass is 9.72. The van der Waals surface area contributed by atoms with E-state index in [-0.39, 0.29) is 12.1 Å². The fourth-order valence-corrected chi connectivity index (χ4v) is 4.13. The second-order valence-electron chi connectivity index (χ2n) is 10.4. The third-order valence-corrected chi connectivity index (χ3v) is 6.36. The molecule has 0 radical (unpaired) electrons. The molecule has 1 unspecified atom stereocenters. The second-order valence-corrected chi connectivity index (χ2v) is 10.4. The molecule has 4 N–H and O–H groups in total. The number of amides is 3. The number of hydrogen-bond donors (Lipinski definition) is 3. The van der Waals surface area contributed by atoms with Gasteiger partial charge in [-0.1, -0.05) is 50.6 Å². The summed E-state index contributed by atoms with van der Waals surface area (Å²) in [5.41, 5.74) is 5.58. The number of benzene rings is 2. The van der Waals surface area contributed by atoms with E-state index in [1.54, 1.807) is 20.8 Å². The van der Waals surface area contributed by atoms with E-state index in [4.69, 9.17) is 5.73 Å². The molecule has 3 amide bonds. The molecule has 2 rings (SSSR count). The van der Waals surface area contributed by atoms with Gasteiger partial charge < -0.3 is 16.4 Å². The smallest absolute Gasteiger partial charge is 0.368 e. The van der Waals surface area contributed by atoms with Gasteiger partial charge >= 0.3 is 6.18 Å². The zero-order chi connectivity index (χ0) is 28.2. The number of aryl methyl sites for hydroxylation is 2. The SMILES string of the molecule is Cc1ccc(CN(C)CC(NC(=O)CNC(=O)c2cccc(C(F)(F)F)c2)(C(N)=O)C(C)(C)C)c(C)c1. The first-order chi connectivity index (χ1) is 17.0. The summed E-state index contributed by atoms with van der Waals surface area (Å²) in [7, 11) is 1.81. The van der Waals surface area contributed by atoms with E-state index in [1.165, 1.54) is 6.07 Å². The molecule has 7 nitrogen and oxygen atoms in total. The van der Waals surface area contributed by atoms with Gasteiger partial charge in [0.15, 0.2) is 0 Å². The van der Waals surface area contributed by atoms with Crippen LogP contribution in [0.1, 0.15) is 53.4 Å². The van der Waals surface area contributed by atoms with Crippen molar-refractivity contribution in [3.8, 4) is 0 Å². The Bertz CT molecular complexity index is 1160. The number of carbonyl (C=O) groups is 3. The van der Waals surface area contributed by atoms with Gasteiger partial charge in [0.25, 0.3) is 5.91 Å². The Kier molecular flexibility index (Phi) is 9.13. The maximum absolute atomic E-state index is 13.0. The zero-order valence-electron chi connectivity index (χ0n) is 22.0. The second kappa shape index (κ2) is 11.3. The van der Waals surface area contributed by atoms with Crippen molar-refractivity contribution in [1.82, 2.24) is 15.5 Å². The van der Waals surface area contributed by atoms with E-state index in [2.05, 4.69) is 16.7 Å². The van der Waals surface area contributed by atoms with Crippen LogP contribution in [-0.2, 0) is 22.3 Å². The van der Waals surface area contributed by atoms with Crippen molar-refractivity contribution in [3.63, 3.8) is 0 Å². The van der Waals surface area contributed by atoms with Gasteiger partial charge in [-0.05, 0) is 55.6 Å². The summed E-state index contributed by atoms with van der Waals surface area (Å²) in [6.07, 6.45) is -4.61. The summed E-state index contributed by atoms with van der Waals surface area (Å²) >= 11 is 0. The van der Waals surface area contributed by atoms with Crippen LogP contribution in [0.15, 0.2) is 42.5 Å². The van der Waals surface area contributed by atoms with Crippen LogP contribution in [0.5, 0.6) is 0 Å². The molecule has 0 aliphatic rings. The minimum Gasteiger partial charge on any atom is -0.368 e. The standard InChI is InChI=1S/C27H35F3N4O3/c1-17-10-11-20(18(2)12-17)15-34(6)16-26(24(31)37,25(3,4)5)33-22(35)14-32-23(36)19-8-7-9-21(13-19)27(28,29)30/h7-13H,14-16H2,1-6H3,(H2,31,37)(H,32,36)(H,33,35). The molecule has 1 atom stereocenters. The predicted octanol–water partition coefficient (Wildman–Crippen LogP) is 3.57. The quantitative estimate of drug-likeness (QED) is 0.470. The predicted molar refractivity (Wildman–Crippen MR) is 136 cm³/mol. The zero-order valence-corrected chi connectivity index (χ0v) is 22.0. The molecule has 0 bridgehead atoms. The average Bonchev–Trinajstić information content (AvgIpc) is 2.77. The number of likely N-dealkylation sites (N-methyl/N-ethyl adjacent to an activating group) is 1. The number of carbonyl (C=O) groups excluding carboxylic acids is 3. The Morgan fingerprint density at radius 2 is 1.65 bits per heavy atom. The highest BCUT2D eigenvalue weighted by Crippen LogP contribution is 2.32. The molecule has 2 aromatic carbocycles. The molecule has 0 aliphatic heterocycles. The van der Waals surface area contributed by atoms with Gasteiger partial charge in [-0.2, -0.15) is 13.2 Å². The van der Waals surface area contributed by atoms with Crippen molar-refractivity contribution in [2.75, 3.05) is 20.1 Å². The van der Waals surface area contributed by atoms with Gasteiger partial charge in [-0.3, -0.25) is 19.3 Å². The third-order valence-electron chi connectivity index (χ3n) is 6.36. The first-order valence-electron chi connectivity index (χ1n) is 11.8. The van der Waals surface area contributed by atoms with Crippen molar-refractivity contribution >= 4 is 17.7 Å². The molecular weight excluding hydrogens is 485 g/mol. The van der Waals surface area contributed by atoms with E-state index in [1.807, 2.05) is 37.9 Å². The first kappa shape index (κ1) is 29.8. The summed E-state index contributed by atoms with van der Waals surface area (Å²) in [4.78, 5) is 39.9. The maximum atomic E-state index is 13.0. The highest BCUT2D eigenvalue weighted by Gasteiger charge is 2.49. The van der Waals surface area contributed by atoms with E-state index in [0.29, 0.717) is 12.6 Å². The summed E-state index contributed by atoms with van der Waals surface area (Å²) < 4.78 is 38.9. The Balaban J connectivity index is 2.17. The van der Waals surface area contributed by atoms with Crippen molar-refractivity contribution in [3.05, 3.63) is 70.3 Å². The lowest BCUT2D eigenvalue weighted by Crippen LogP contribution is -2.69. The van der Waals surface area contributed by atoms with Crippen LogP contribution < -0.4 is 16.4 Å². The number of primary amides is 1. The molecule has 0 saturated heterocycles. The molecular formula is C27H35F3N4O3. The fourth-order valence-electron chi connectivity index (χ4n) is 4.13. The van der Waals surface area contributed by atoms with Crippen molar-refractivity contribution in [1.29, 1.82) is 0 Å². The first-order valence-corrected chi connectivity index (χ1v) is 11.8. The number of hydrogen-bond acceptors (Lipinski definition) is 4. The van der Waals surface area contributed by atoms with Gasteiger partial charge in [0, 0.05) is 18.7 Å². The number of nitrogens with one attached hydrogen (secondary N) is 2. The van der Waals surface area contributed by atoms with E-state index in [9.17, 15) is 27.6 Å². The lowest BCUT2D eigenvalue weighted by molar-refractivity contribution is -0.137. The van der Waals surface area contributed by atoms with Gasteiger partial charge in [0.1, 0.15) is 5.54 Å². The van der Waals surface area contributed by atoms with Gasteiger partial charge in [-0.25, -0.2) is 0 Å². The van der Waals surface area contributed by atoms with Crippen LogP contribution in [-0.4, -0.2) is 48.3 Å². The van der Waals surface area contributed by atoms with Gasteiger partial charge in [-0.15, -0.1) is 0 Å². The van der Waals surface area contributed by atoms with E-state index >= 15 is 0 Å². The molecule has 0 fully saturated rings. The van der Waals surface area contributed by atoms with Gasteiger partial charge in [0.2, 0.25) is 11.8 Å². The molecule has 0 aromatic heterocycles. The van der Waals surface area contributed by atoms with Crippen LogP contribution in [0.4, 0.5) is 13.2 Å². The Hall–Kier alpha value is -3.40. The average molecular weight is 521 g/mol. The maximum Gasteiger partial charge on any atom is 0.416 e. The molecule has 202 valence electrons. The monoisotopic (exact) mass is 520 g/mol. The number of nitrogens with zero attached hydrogens (tertiary/aromatic N) is 1. The third kappa shape index (κ3) is 7.55. The number of nitrogens with two attached hydrogens (primary N) is 1. The van der Waals surface area contributed by atoms with Crippen molar-refractivity contribution in [2.45, 2.75) is 52.9 Å². The molecule has 2 aromatic rings. The highest BCUT2D eigenvalue weighted by molar-refractivity contribution is 5.98. The number of alkyl halides is 3.